The third-order valence-corrected chi connectivity index (χ3v) is 6.31. The highest BCUT2D eigenvalue weighted by molar-refractivity contribution is 6.30. The van der Waals surface area contributed by atoms with Crippen LogP contribution in [0.2, 0.25) is 5.15 Å². The molecular weight excluding hydrogens is 466 g/mol. The van der Waals surface area contributed by atoms with Gasteiger partial charge < -0.3 is 15.4 Å². The molecule has 0 fully saturated rings. The summed E-state index contributed by atoms with van der Waals surface area (Å²) in [4.78, 5) is 32.9. The number of carbonyl (C=O) groups is 1. The van der Waals surface area contributed by atoms with Gasteiger partial charge in [-0.05, 0) is 48.9 Å². The quantitative estimate of drug-likeness (QED) is 0.420. The van der Waals surface area contributed by atoms with E-state index in [0.717, 1.165) is 16.5 Å². The number of nitriles is 1. The van der Waals surface area contributed by atoms with E-state index in [0.29, 0.717) is 41.6 Å². The van der Waals surface area contributed by atoms with E-state index in [2.05, 4.69) is 19.9 Å². The molecule has 174 valence electrons. The average molecular weight is 486 g/mol. The lowest BCUT2D eigenvalue weighted by Crippen LogP contribution is -2.34. The minimum atomic E-state index is -0.464. The van der Waals surface area contributed by atoms with E-state index in [1.54, 1.807) is 47.6 Å². The second-order valence-electron chi connectivity index (χ2n) is 8.15. The fourth-order valence-electron chi connectivity index (χ4n) is 4.14. The Hall–Kier alpha value is -4.13. The summed E-state index contributed by atoms with van der Waals surface area (Å²) in [5.41, 5.74) is 9.89. The Labute approximate surface area is 206 Å². The van der Waals surface area contributed by atoms with Crippen molar-refractivity contribution in [3.05, 3.63) is 87.7 Å². The lowest BCUT2D eigenvalue weighted by molar-refractivity contribution is 0.0663. The molecule has 9 nitrogen and oxygen atoms in total. The molecule has 4 heterocycles. The monoisotopic (exact) mass is 485 g/mol. The van der Waals surface area contributed by atoms with Gasteiger partial charge in [0.1, 0.15) is 22.9 Å². The van der Waals surface area contributed by atoms with Crippen molar-refractivity contribution in [1.29, 1.82) is 5.26 Å². The number of nitrogens with zero attached hydrogens (tertiary/aromatic N) is 6. The average Bonchev–Trinajstić information content (AvgIpc) is 3.38. The highest BCUT2D eigenvalue weighted by Gasteiger charge is 2.27. The van der Waals surface area contributed by atoms with Crippen molar-refractivity contribution in [3.8, 4) is 6.07 Å². The van der Waals surface area contributed by atoms with E-state index in [1.165, 1.54) is 0 Å². The van der Waals surface area contributed by atoms with Crippen LogP contribution in [0.15, 0.2) is 48.8 Å². The maximum absolute atomic E-state index is 13.9. The van der Waals surface area contributed by atoms with Crippen LogP contribution in [-0.4, -0.2) is 30.7 Å². The first-order valence-electron chi connectivity index (χ1n) is 10.9. The molecule has 1 amide bonds. The lowest BCUT2D eigenvalue weighted by atomic mass is 10.0. The Morgan fingerprint density at radius 3 is 2.71 bits per heavy atom. The molecule has 35 heavy (non-hydrogen) atoms. The normalized spacial score (nSPS) is 13.3. The molecular formula is C25H20ClN7O2. The molecule has 1 aromatic carbocycles. The summed E-state index contributed by atoms with van der Waals surface area (Å²) >= 11 is 6.15. The first-order chi connectivity index (χ1) is 17.0. The SMILES string of the molecule is CC(c1ncccn1)N(Cc1ccc(C#N)c(Cl)n1)C(=O)c1ccc2nc(N)c3c(c2c1)COC3. The molecule has 5 rings (SSSR count). The van der Waals surface area contributed by atoms with E-state index >= 15 is 0 Å². The van der Waals surface area contributed by atoms with Crippen LogP contribution in [0.3, 0.4) is 0 Å². The zero-order valence-electron chi connectivity index (χ0n) is 18.8. The minimum Gasteiger partial charge on any atom is -0.383 e. The van der Waals surface area contributed by atoms with Crippen LogP contribution < -0.4 is 5.73 Å². The fourth-order valence-corrected chi connectivity index (χ4v) is 4.35. The van der Waals surface area contributed by atoms with Gasteiger partial charge in [0.2, 0.25) is 0 Å². The van der Waals surface area contributed by atoms with Gasteiger partial charge in [-0.1, -0.05) is 11.6 Å². The van der Waals surface area contributed by atoms with E-state index in [-0.39, 0.29) is 23.2 Å². The highest BCUT2D eigenvalue weighted by atomic mass is 35.5. The second kappa shape index (κ2) is 9.25. The molecule has 0 radical (unpaired) electrons. The van der Waals surface area contributed by atoms with Gasteiger partial charge in [0.05, 0.1) is 42.6 Å². The molecule has 0 spiro atoms. The second-order valence-corrected chi connectivity index (χ2v) is 8.51. The molecule has 1 atom stereocenters. The van der Waals surface area contributed by atoms with Crippen LogP contribution in [0.25, 0.3) is 10.9 Å². The first-order valence-corrected chi connectivity index (χ1v) is 11.3. The van der Waals surface area contributed by atoms with Gasteiger partial charge in [-0.15, -0.1) is 0 Å². The number of rotatable bonds is 5. The number of nitrogens with two attached hydrogens (primary N) is 1. The Bertz CT molecular complexity index is 1490. The third kappa shape index (κ3) is 4.25. The summed E-state index contributed by atoms with van der Waals surface area (Å²) < 4.78 is 5.58. The number of anilines is 1. The van der Waals surface area contributed by atoms with E-state index in [9.17, 15) is 4.79 Å². The van der Waals surface area contributed by atoms with E-state index in [4.69, 9.17) is 27.3 Å². The molecule has 1 aliphatic rings. The summed E-state index contributed by atoms with van der Waals surface area (Å²) in [7, 11) is 0. The van der Waals surface area contributed by atoms with Gasteiger partial charge in [-0.25, -0.2) is 19.9 Å². The van der Waals surface area contributed by atoms with Crippen LogP contribution >= 0.6 is 11.6 Å². The number of hydrogen-bond acceptors (Lipinski definition) is 8. The van der Waals surface area contributed by atoms with Crippen LogP contribution in [0.5, 0.6) is 0 Å². The zero-order chi connectivity index (χ0) is 24.5. The minimum absolute atomic E-state index is 0.0888. The number of pyridine rings is 2. The predicted octanol–water partition coefficient (Wildman–Crippen LogP) is 3.96. The van der Waals surface area contributed by atoms with Crippen molar-refractivity contribution < 1.29 is 9.53 Å². The molecule has 0 saturated heterocycles. The smallest absolute Gasteiger partial charge is 0.254 e. The maximum atomic E-state index is 13.9. The molecule has 2 N–H and O–H groups in total. The van der Waals surface area contributed by atoms with Crippen LogP contribution in [0, 0.1) is 11.3 Å². The van der Waals surface area contributed by atoms with Gasteiger partial charge in [0, 0.05) is 28.9 Å². The van der Waals surface area contributed by atoms with Crippen molar-refractivity contribution in [2.45, 2.75) is 32.7 Å². The number of fused-ring (bicyclic) bond motifs is 3. The summed E-state index contributed by atoms with van der Waals surface area (Å²) in [5.74, 6) is 0.702. The van der Waals surface area contributed by atoms with Gasteiger partial charge >= 0.3 is 0 Å². The zero-order valence-corrected chi connectivity index (χ0v) is 19.5. The number of hydrogen-bond donors (Lipinski definition) is 1. The summed E-state index contributed by atoms with van der Waals surface area (Å²) in [6, 6.07) is 11.9. The van der Waals surface area contributed by atoms with Crippen LogP contribution in [0.1, 0.15) is 51.5 Å². The largest absolute Gasteiger partial charge is 0.383 e. The standard InChI is InChI=1S/C25H20ClN7O2/c1-14(24-29-7-2-8-30-24)33(11-17-5-3-16(10-27)22(26)31-17)25(34)15-4-6-21-18(9-15)19-12-35-13-20(19)23(28)32-21/h2-9,14H,11-13H2,1H3,(H2,28,32). The Balaban J connectivity index is 1.56. The Kier molecular flexibility index (Phi) is 5.99. The lowest BCUT2D eigenvalue weighted by Gasteiger charge is -2.28. The molecule has 3 aromatic heterocycles. The summed E-state index contributed by atoms with van der Waals surface area (Å²) in [5, 5.41) is 10.1. The van der Waals surface area contributed by atoms with E-state index in [1.807, 2.05) is 19.1 Å². The van der Waals surface area contributed by atoms with Crippen molar-refractivity contribution in [3.63, 3.8) is 0 Å². The van der Waals surface area contributed by atoms with Crippen molar-refractivity contribution in [1.82, 2.24) is 24.8 Å². The van der Waals surface area contributed by atoms with Gasteiger partial charge in [0.15, 0.2) is 0 Å². The molecule has 1 unspecified atom stereocenters. The van der Waals surface area contributed by atoms with Gasteiger partial charge in [-0.2, -0.15) is 5.26 Å². The number of amides is 1. The molecule has 0 bridgehead atoms. The van der Waals surface area contributed by atoms with Crippen LogP contribution in [-0.2, 0) is 24.5 Å². The Morgan fingerprint density at radius 1 is 1.20 bits per heavy atom. The van der Waals surface area contributed by atoms with E-state index < -0.39 is 6.04 Å². The molecule has 0 aliphatic carbocycles. The van der Waals surface area contributed by atoms with Crippen molar-refractivity contribution >= 4 is 34.2 Å². The predicted molar refractivity (Wildman–Crippen MR) is 129 cm³/mol. The summed E-state index contributed by atoms with van der Waals surface area (Å²) in [6.07, 6.45) is 3.27. The van der Waals surface area contributed by atoms with Crippen LogP contribution in [0.4, 0.5) is 5.82 Å². The maximum Gasteiger partial charge on any atom is 0.254 e. The Morgan fingerprint density at radius 2 is 1.97 bits per heavy atom. The van der Waals surface area contributed by atoms with Gasteiger partial charge in [0.25, 0.3) is 5.91 Å². The molecule has 10 heteroatoms. The number of halogens is 1. The number of aromatic nitrogens is 4. The molecule has 1 aliphatic heterocycles. The molecule has 0 saturated carbocycles. The fraction of sp³-hybridized carbons (Fsp3) is 0.200. The number of benzene rings is 1. The highest BCUT2D eigenvalue weighted by Crippen LogP contribution is 2.32. The molecule has 4 aromatic rings. The van der Waals surface area contributed by atoms with Gasteiger partial charge in [-0.3, -0.25) is 4.79 Å². The number of carbonyl (C=O) groups excluding carboxylic acids is 1. The first kappa shape index (κ1) is 22.7. The topological polar surface area (TPSA) is 131 Å². The number of nitrogen functional groups attached to an aromatic ring is 1. The van der Waals surface area contributed by atoms with Crippen molar-refractivity contribution in [2.75, 3.05) is 5.73 Å². The third-order valence-electron chi connectivity index (χ3n) is 6.02. The summed E-state index contributed by atoms with van der Waals surface area (Å²) in [6.45, 7) is 2.82. The number of ether oxygens (including phenoxy) is 1. The van der Waals surface area contributed by atoms with Crippen molar-refractivity contribution in [2.24, 2.45) is 0 Å².